The first kappa shape index (κ1) is 26.1. The molecule has 6 heteroatoms. The van der Waals surface area contributed by atoms with E-state index in [0.29, 0.717) is 18.7 Å². The van der Waals surface area contributed by atoms with Crippen LogP contribution in [0.5, 0.6) is 0 Å². The molecule has 4 aromatic rings. The van der Waals surface area contributed by atoms with Crippen LogP contribution in [0.3, 0.4) is 0 Å². The maximum Gasteiger partial charge on any atom is 0.290 e. The number of pyridine rings is 1. The second kappa shape index (κ2) is 9.99. The average Bonchev–Trinajstić information content (AvgIpc) is 3.59. The molecule has 1 amide bonds. The van der Waals surface area contributed by atoms with Crippen molar-refractivity contribution >= 4 is 23.0 Å². The van der Waals surface area contributed by atoms with E-state index in [1.54, 1.807) is 40.8 Å². The van der Waals surface area contributed by atoms with Crippen molar-refractivity contribution in [3.63, 3.8) is 0 Å². The van der Waals surface area contributed by atoms with Gasteiger partial charge in [-0.2, -0.15) is 11.3 Å². The van der Waals surface area contributed by atoms with E-state index in [2.05, 4.69) is 44.8 Å². The number of ketones is 1. The Hall–Kier alpha value is -3.51. The van der Waals surface area contributed by atoms with Gasteiger partial charge in [-0.25, -0.2) is 0 Å². The number of thiophene rings is 1. The van der Waals surface area contributed by atoms with Crippen LogP contribution in [0.2, 0.25) is 0 Å². The molecule has 0 spiro atoms. The summed E-state index contributed by atoms with van der Waals surface area (Å²) in [5, 5.41) is 4.03. The molecule has 0 atom stereocenters. The maximum absolute atomic E-state index is 13.7. The predicted molar refractivity (Wildman–Crippen MR) is 151 cm³/mol. The minimum absolute atomic E-state index is 0.00761. The van der Waals surface area contributed by atoms with Crippen molar-refractivity contribution in [1.82, 2.24) is 9.88 Å². The van der Waals surface area contributed by atoms with Crippen molar-refractivity contribution in [3.8, 4) is 0 Å². The van der Waals surface area contributed by atoms with Gasteiger partial charge in [-0.3, -0.25) is 14.6 Å². The summed E-state index contributed by atoms with van der Waals surface area (Å²) >= 11 is 1.59. The third-order valence-corrected chi connectivity index (χ3v) is 8.55. The van der Waals surface area contributed by atoms with Crippen molar-refractivity contribution in [2.75, 3.05) is 0 Å². The highest BCUT2D eigenvalue weighted by molar-refractivity contribution is 7.07. The quantitative estimate of drug-likeness (QED) is 0.234. The van der Waals surface area contributed by atoms with Gasteiger partial charge in [-0.05, 0) is 99.5 Å². The summed E-state index contributed by atoms with van der Waals surface area (Å²) in [7, 11) is 0. The second-order valence-corrected chi connectivity index (χ2v) is 12.4. The van der Waals surface area contributed by atoms with Crippen LogP contribution in [0.15, 0.2) is 70.0 Å². The lowest BCUT2D eigenvalue weighted by Crippen LogP contribution is -2.34. The predicted octanol–water partition coefficient (Wildman–Crippen LogP) is 7.47. The van der Waals surface area contributed by atoms with E-state index >= 15 is 0 Å². The zero-order valence-corrected chi connectivity index (χ0v) is 23.5. The Kier molecular flexibility index (Phi) is 6.86. The first-order chi connectivity index (χ1) is 18.0. The van der Waals surface area contributed by atoms with Crippen LogP contribution in [-0.2, 0) is 23.9 Å². The van der Waals surface area contributed by atoms with E-state index < -0.39 is 0 Å². The highest BCUT2D eigenvalue weighted by atomic mass is 32.1. The molecule has 1 aromatic carbocycles. The maximum atomic E-state index is 13.7. The Morgan fingerprint density at radius 1 is 0.947 bits per heavy atom. The van der Waals surface area contributed by atoms with Crippen LogP contribution in [0, 0.1) is 6.92 Å². The van der Waals surface area contributed by atoms with Gasteiger partial charge >= 0.3 is 0 Å². The molecule has 1 aliphatic rings. The summed E-state index contributed by atoms with van der Waals surface area (Å²) in [6.45, 7) is 11.9. The topological polar surface area (TPSA) is 63.4 Å². The van der Waals surface area contributed by atoms with Gasteiger partial charge in [-0.15, -0.1) is 0 Å². The zero-order valence-electron chi connectivity index (χ0n) is 22.7. The lowest BCUT2D eigenvalue weighted by molar-refractivity contribution is 0.0695. The fraction of sp³-hybridized carbons (Fsp3) is 0.344. The fourth-order valence-electron chi connectivity index (χ4n) is 5.34. The van der Waals surface area contributed by atoms with E-state index in [4.69, 9.17) is 4.42 Å². The van der Waals surface area contributed by atoms with Gasteiger partial charge in [0.25, 0.3) is 5.91 Å². The lowest BCUT2D eigenvalue weighted by Gasteiger charge is -2.42. The number of hydrogen-bond donors (Lipinski definition) is 0. The Bertz CT molecular complexity index is 1470. The van der Waals surface area contributed by atoms with Crippen molar-refractivity contribution in [1.29, 1.82) is 0 Å². The second-order valence-electron chi connectivity index (χ2n) is 11.6. The smallest absolute Gasteiger partial charge is 0.290 e. The number of furan rings is 1. The van der Waals surface area contributed by atoms with E-state index in [9.17, 15) is 9.59 Å². The van der Waals surface area contributed by atoms with Crippen LogP contribution in [0.25, 0.3) is 0 Å². The first-order valence-electron chi connectivity index (χ1n) is 13.0. The number of carbonyl (C=O) groups is 2. The largest absolute Gasteiger partial charge is 0.447 e. The van der Waals surface area contributed by atoms with Gasteiger partial charge in [0.05, 0.1) is 0 Å². The van der Waals surface area contributed by atoms with Crippen molar-refractivity contribution in [3.05, 3.63) is 111 Å². The lowest BCUT2D eigenvalue weighted by atomic mass is 9.62. The van der Waals surface area contributed by atoms with Crippen LogP contribution in [0.1, 0.15) is 95.0 Å². The molecule has 1 aliphatic carbocycles. The van der Waals surface area contributed by atoms with Gasteiger partial charge in [0.15, 0.2) is 11.5 Å². The molecule has 0 fully saturated rings. The van der Waals surface area contributed by atoms with E-state index in [-0.39, 0.29) is 34.0 Å². The molecule has 5 nitrogen and oxygen atoms in total. The molecule has 3 heterocycles. The number of hydrogen-bond acceptors (Lipinski definition) is 5. The highest BCUT2D eigenvalue weighted by Crippen LogP contribution is 2.46. The molecule has 0 saturated heterocycles. The number of nitrogens with zero attached hydrogens (tertiary/aromatic N) is 2. The molecular weight excluding hydrogens is 492 g/mol. The summed E-state index contributed by atoms with van der Waals surface area (Å²) in [6.07, 6.45) is 5.65. The number of amides is 1. The van der Waals surface area contributed by atoms with E-state index in [1.165, 1.54) is 11.1 Å². The number of carbonyl (C=O) groups excluding carboxylic acids is 2. The molecule has 38 heavy (non-hydrogen) atoms. The van der Waals surface area contributed by atoms with Gasteiger partial charge in [0.2, 0.25) is 5.78 Å². The summed E-state index contributed by atoms with van der Waals surface area (Å²) in [6, 6.07) is 13.3. The third-order valence-electron chi connectivity index (χ3n) is 7.82. The summed E-state index contributed by atoms with van der Waals surface area (Å²) in [5.41, 5.74) is 6.14. The first-order valence-corrected chi connectivity index (χ1v) is 14.0. The number of benzene rings is 1. The molecule has 0 radical (unpaired) electrons. The Morgan fingerprint density at radius 2 is 1.63 bits per heavy atom. The summed E-state index contributed by atoms with van der Waals surface area (Å²) < 4.78 is 5.94. The molecule has 196 valence electrons. The fourth-order valence-corrected chi connectivity index (χ4v) is 6.00. The Balaban J connectivity index is 1.44. The van der Waals surface area contributed by atoms with Gasteiger partial charge < -0.3 is 9.32 Å². The number of aryl methyl sites for hydroxylation is 1. The molecule has 0 bridgehead atoms. The molecule has 0 N–H and O–H groups in total. The van der Waals surface area contributed by atoms with Crippen molar-refractivity contribution in [2.45, 2.75) is 71.4 Å². The molecular formula is C32H34N2O3S. The highest BCUT2D eigenvalue weighted by Gasteiger charge is 2.38. The minimum atomic E-state index is -0.260. The number of aromatic nitrogens is 1. The molecule has 0 aliphatic heterocycles. The number of fused-ring (bicyclic) bond motifs is 1. The minimum Gasteiger partial charge on any atom is -0.447 e. The molecule has 5 rings (SSSR count). The van der Waals surface area contributed by atoms with Crippen molar-refractivity contribution in [2.24, 2.45) is 0 Å². The van der Waals surface area contributed by atoms with E-state index in [1.807, 2.05) is 35.9 Å². The van der Waals surface area contributed by atoms with Crippen LogP contribution in [0.4, 0.5) is 0 Å². The van der Waals surface area contributed by atoms with Crippen molar-refractivity contribution < 1.29 is 14.0 Å². The molecule has 0 saturated carbocycles. The SMILES string of the molecule is Cc1cc2c(cc1C(=O)c1ccc(C(=O)N(Cc3cccnc3)Cc3ccsc3)o1)C(C)(C)CCC2(C)C. The van der Waals surface area contributed by atoms with Crippen LogP contribution >= 0.6 is 11.3 Å². The summed E-state index contributed by atoms with van der Waals surface area (Å²) in [5.74, 6) is -0.116. The Morgan fingerprint density at radius 3 is 2.29 bits per heavy atom. The van der Waals surface area contributed by atoms with Crippen LogP contribution < -0.4 is 0 Å². The molecule has 0 unspecified atom stereocenters. The Labute approximate surface area is 228 Å². The molecule has 3 aromatic heterocycles. The summed E-state index contributed by atoms with van der Waals surface area (Å²) in [4.78, 5) is 33.1. The van der Waals surface area contributed by atoms with Gasteiger partial charge in [-0.1, -0.05) is 39.8 Å². The normalized spacial score (nSPS) is 15.6. The monoisotopic (exact) mass is 526 g/mol. The van der Waals surface area contributed by atoms with E-state index in [0.717, 1.165) is 29.5 Å². The van der Waals surface area contributed by atoms with Crippen LogP contribution in [-0.4, -0.2) is 21.6 Å². The van der Waals surface area contributed by atoms with Gasteiger partial charge in [0.1, 0.15) is 0 Å². The van der Waals surface area contributed by atoms with Gasteiger partial charge in [0, 0.05) is 31.0 Å². The zero-order chi connectivity index (χ0) is 27.1. The third kappa shape index (κ3) is 5.10. The number of rotatable bonds is 7. The standard InChI is InChI=1S/C32H34N2O3S/c1-21-15-25-26(32(4,5)12-11-31(25,2)3)16-24(21)29(35)27-8-9-28(37-27)30(36)34(19-23-10-14-38-20-23)18-22-7-6-13-33-17-22/h6-10,13-17,20H,11-12,18-19H2,1-5H3. The average molecular weight is 527 g/mol.